The number of carbonyl (C=O) groups is 1. The molecular weight excluding hydrogens is 221 g/mol. The van der Waals surface area contributed by atoms with E-state index in [1.807, 2.05) is 0 Å². The minimum absolute atomic E-state index is 0.185. The highest BCUT2D eigenvalue weighted by Crippen LogP contribution is 2.31. The molecule has 0 aromatic carbocycles. The molecule has 0 unspecified atom stereocenters. The molecule has 6 heteroatoms. The van der Waals surface area contributed by atoms with Crippen LogP contribution in [0.15, 0.2) is 0 Å². The van der Waals surface area contributed by atoms with E-state index in [9.17, 15) is 18.0 Å². The Balaban J connectivity index is 1.98. The molecule has 1 saturated heterocycles. The molecule has 0 aromatic rings. The SMILES string of the molecule is O=C(N1CCCC1)N(CC(F)(F)F)C1CC1. The summed E-state index contributed by atoms with van der Waals surface area (Å²) in [5.74, 6) is 0. The molecule has 1 saturated carbocycles. The number of carbonyl (C=O) groups excluding carboxylic acids is 1. The van der Waals surface area contributed by atoms with Gasteiger partial charge in [-0.25, -0.2) is 4.79 Å². The summed E-state index contributed by atoms with van der Waals surface area (Å²) in [5, 5.41) is 0. The van der Waals surface area contributed by atoms with Crippen molar-refractivity contribution in [3.8, 4) is 0 Å². The number of urea groups is 1. The molecular formula is C10H15F3N2O. The molecule has 2 rings (SSSR count). The average Bonchev–Trinajstić information content (AvgIpc) is 2.87. The van der Waals surface area contributed by atoms with E-state index in [2.05, 4.69) is 0 Å². The van der Waals surface area contributed by atoms with Gasteiger partial charge < -0.3 is 9.80 Å². The van der Waals surface area contributed by atoms with Gasteiger partial charge in [0.1, 0.15) is 6.54 Å². The third kappa shape index (κ3) is 2.80. The summed E-state index contributed by atoms with van der Waals surface area (Å²) >= 11 is 0. The van der Waals surface area contributed by atoms with Gasteiger partial charge >= 0.3 is 12.2 Å². The van der Waals surface area contributed by atoms with Crippen molar-refractivity contribution in [2.24, 2.45) is 0 Å². The van der Waals surface area contributed by atoms with Gasteiger partial charge in [0.25, 0.3) is 0 Å². The van der Waals surface area contributed by atoms with E-state index in [1.54, 1.807) is 0 Å². The maximum Gasteiger partial charge on any atom is 0.406 e. The fourth-order valence-electron chi connectivity index (χ4n) is 2.02. The van der Waals surface area contributed by atoms with Gasteiger partial charge in [-0.1, -0.05) is 0 Å². The van der Waals surface area contributed by atoms with Crippen LogP contribution in [0.1, 0.15) is 25.7 Å². The van der Waals surface area contributed by atoms with Gasteiger partial charge in [0.2, 0.25) is 0 Å². The molecule has 1 aliphatic heterocycles. The molecule has 1 heterocycles. The number of hydrogen-bond acceptors (Lipinski definition) is 1. The van der Waals surface area contributed by atoms with Crippen molar-refractivity contribution in [3.63, 3.8) is 0 Å². The molecule has 1 aliphatic carbocycles. The first-order valence-electron chi connectivity index (χ1n) is 5.60. The predicted octanol–water partition coefficient (Wildman–Crippen LogP) is 2.23. The Morgan fingerprint density at radius 2 is 1.81 bits per heavy atom. The maximum absolute atomic E-state index is 12.3. The van der Waals surface area contributed by atoms with Crippen molar-refractivity contribution in [2.75, 3.05) is 19.6 Å². The van der Waals surface area contributed by atoms with Crippen LogP contribution in [0.3, 0.4) is 0 Å². The fraction of sp³-hybridized carbons (Fsp3) is 0.900. The van der Waals surface area contributed by atoms with Crippen molar-refractivity contribution >= 4 is 6.03 Å². The fourth-order valence-corrected chi connectivity index (χ4v) is 2.02. The molecule has 0 N–H and O–H groups in total. The molecule has 3 nitrogen and oxygen atoms in total. The van der Waals surface area contributed by atoms with Crippen molar-refractivity contribution in [3.05, 3.63) is 0 Å². The predicted molar refractivity (Wildman–Crippen MR) is 52.0 cm³/mol. The minimum Gasteiger partial charge on any atom is -0.325 e. The lowest BCUT2D eigenvalue weighted by Gasteiger charge is -2.28. The molecule has 92 valence electrons. The second kappa shape index (κ2) is 4.14. The van der Waals surface area contributed by atoms with Crippen molar-refractivity contribution in [2.45, 2.75) is 37.9 Å². The quantitative estimate of drug-likeness (QED) is 0.721. The smallest absolute Gasteiger partial charge is 0.325 e. The Morgan fingerprint density at radius 1 is 1.25 bits per heavy atom. The van der Waals surface area contributed by atoms with E-state index < -0.39 is 18.8 Å². The Labute approximate surface area is 92.2 Å². The summed E-state index contributed by atoms with van der Waals surface area (Å²) in [6, 6.07) is -0.618. The van der Waals surface area contributed by atoms with E-state index in [0.29, 0.717) is 25.9 Å². The molecule has 0 bridgehead atoms. The Morgan fingerprint density at radius 3 is 2.25 bits per heavy atom. The van der Waals surface area contributed by atoms with Crippen LogP contribution in [-0.4, -0.2) is 47.7 Å². The highest BCUT2D eigenvalue weighted by molar-refractivity contribution is 5.75. The summed E-state index contributed by atoms with van der Waals surface area (Å²) in [4.78, 5) is 14.4. The molecule has 0 spiro atoms. The zero-order valence-corrected chi connectivity index (χ0v) is 8.96. The minimum atomic E-state index is -4.29. The molecule has 2 aliphatic rings. The third-order valence-electron chi connectivity index (χ3n) is 2.96. The zero-order valence-electron chi connectivity index (χ0n) is 8.96. The lowest BCUT2D eigenvalue weighted by molar-refractivity contribution is -0.141. The van der Waals surface area contributed by atoms with Gasteiger partial charge in [0.15, 0.2) is 0 Å². The topological polar surface area (TPSA) is 23.6 Å². The van der Waals surface area contributed by atoms with Crippen LogP contribution >= 0.6 is 0 Å². The molecule has 0 atom stereocenters. The first-order chi connectivity index (χ1) is 7.47. The van der Waals surface area contributed by atoms with Gasteiger partial charge in [-0.15, -0.1) is 0 Å². The Kier molecular flexibility index (Phi) is 2.99. The van der Waals surface area contributed by atoms with Crippen LogP contribution in [0.2, 0.25) is 0 Å². The highest BCUT2D eigenvalue weighted by atomic mass is 19.4. The summed E-state index contributed by atoms with van der Waals surface area (Å²) in [7, 11) is 0. The summed E-state index contributed by atoms with van der Waals surface area (Å²) in [6.45, 7) is 0.0901. The molecule has 16 heavy (non-hydrogen) atoms. The van der Waals surface area contributed by atoms with E-state index in [-0.39, 0.29) is 6.04 Å². The van der Waals surface area contributed by atoms with E-state index in [1.165, 1.54) is 4.90 Å². The summed E-state index contributed by atoms with van der Waals surface area (Å²) in [6.07, 6.45) is -1.09. The lowest BCUT2D eigenvalue weighted by Crippen LogP contribution is -2.47. The van der Waals surface area contributed by atoms with E-state index in [4.69, 9.17) is 0 Å². The standard InChI is InChI=1S/C10H15F3N2O/c11-10(12,13)7-15(8-3-4-8)9(16)14-5-1-2-6-14/h8H,1-7H2. The van der Waals surface area contributed by atoms with Gasteiger partial charge in [0, 0.05) is 19.1 Å². The largest absolute Gasteiger partial charge is 0.406 e. The van der Waals surface area contributed by atoms with Crippen LogP contribution in [0.25, 0.3) is 0 Å². The van der Waals surface area contributed by atoms with Crippen LogP contribution in [0.5, 0.6) is 0 Å². The van der Waals surface area contributed by atoms with Crippen LogP contribution in [0.4, 0.5) is 18.0 Å². The zero-order chi connectivity index (χ0) is 11.8. The number of alkyl halides is 3. The number of rotatable bonds is 2. The molecule has 2 amide bonds. The average molecular weight is 236 g/mol. The van der Waals surface area contributed by atoms with Crippen LogP contribution in [-0.2, 0) is 0 Å². The second-order valence-electron chi connectivity index (χ2n) is 4.45. The number of nitrogens with zero attached hydrogens (tertiary/aromatic N) is 2. The summed E-state index contributed by atoms with van der Waals surface area (Å²) in [5.41, 5.74) is 0. The molecule has 0 radical (unpaired) electrons. The summed E-state index contributed by atoms with van der Waals surface area (Å²) < 4.78 is 37.0. The first kappa shape index (κ1) is 11.5. The molecule has 2 fully saturated rings. The number of likely N-dealkylation sites (tertiary alicyclic amines) is 1. The lowest BCUT2D eigenvalue weighted by atomic mass is 10.4. The van der Waals surface area contributed by atoms with Crippen molar-refractivity contribution in [1.29, 1.82) is 0 Å². The highest BCUT2D eigenvalue weighted by Gasteiger charge is 2.42. The number of hydrogen-bond donors (Lipinski definition) is 0. The van der Waals surface area contributed by atoms with Gasteiger partial charge in [-0.05, 0) is 25.7 Å². The second-order valence-corrected chi connectivity index (χ2v) is 4.45. The van der Waals surface area contributed by atoms with Crippen molar-refractivity contribution < 1.29 is 18.0 Å². The van der Waals surface area contributed by atoms with E-state index >= 15 is 0 Å². The first-order valence-corrected chi connectivity index (χ1v) is 5.60. The Hall–Kier alpha value is -0.940. The van der Waals surface area contributed by atoms with Gasteiger partial charge in [0.05, 0.1) is 0 Å². The Bertz CT molecular complexity index is 270. The van der Waals surface area contributed by atoms with Crippen molar-refractivity contribution in [1.82, 2.24) is 9.80 Å². The normalized spacial score (nSPS) is 21.3. The monoisotopic (exact) mass is 236 g/mol. The van der Waals surface area contributed by atoms with Gasteiger partial charge in [-0.3, -0.25) is 0 Å². The van der Waals surface area contributed by atoms with Crippen LogP contribution < -0.4 is 0 Å². The number of halogens is 3. The third-order valence-corrected chi connectivity index (χ3v) is 2.96. The van der Waals surface area contributed by atoms with Gasteiger partial charge in [-0.2, -0.15) is 13.2 Å². The maximum atomic E-state index is 12.3. The van der Waals surface area contributed by atoms with Crippen LogP contribution in [0, 0.1) is 0 Å². The molecule has 0 aromatic heterocycles. The van der Waals surface area contributed by atoms with E-state index in [0.717, 1.165) is 17.7 Å². The number of amides is 2.